The molecule has 3 aliphatic heterocycles. The fourth-order valence-electron chi connectivity index (χ4n) is 4.51. The third kappa shape index (κ3) is 4.15. The van der Waals surface area contributed by atoms with Gasteiger partial charge in [0.1, 0.15) is 17.1 Å². The fourth-order valence-corrected chi connectivity index (χ4v) is 4.51. The lowest BCUT2D eigenvalue weighted by atomic mass is 10.00. The van der Waals surface area contributed by atoms with Crippen molar-refractivity contribution in [2.75, 3.05) is 32.1 Å². The number of fused-ring (bicyclic) bond motifs is 2. The summed E-state index contributed by atoms with van der Waals surface area (Å²) in [5.74, 6) is -0.406. The van der Waals surface area contributed by atoms with Crippen LogP contribution in [-0.2, 0) is 16.9 Å². The van der Waals surface area contributed by atoms with E-state index in [4.69, 9.17) is 9.15 Å². The van der Waals surface area contributed by atoms with Gasteiger partial charge in [0.2, 0.25) is 0 Å². The van der Waals surface area contributed by atoms with Crippen LogP contribution >= 0.6 is 0 Å². The van der Waals surface area contributed by atoms with Crippen molar-refractivity contribution in [1.82, 2.24) is 25.8 Å². The molecule has 13 heteroatoms. The van der Waals surface area contributed by atoms with Crippen molar-refractivity contribution in [2.24, 2.45) is 0 Å². The van der Waals surface area contributed by atoms with Crippen LogP contribution in [-0.4, -0.2) is 61.0 Å². The summed E-state index contributed by atoms with van der Waals surface area (Å²) in [6.07, 6.45) is 0.840. The van der Waals surface area contributed by atoms with Crippen LogP contribution in [0.3, 0.4) is 0 Å². The number of benzene rings is 1. The predicted octanol–water partition coefficient (Wildman–Crippen LogP) is 2.22. The Labute approximate surface area is 216 Å². The van der Waals surface area contributed by atoms with Gasteiger partial charge in [0.25, 0.3) is 11.8 Å². The van der Waals surface area contributed by atoms with Crippen molar-refractivity contribution in [3.05, 3.63) is 53.0 Å². The molecule has 0 aliphatic carbocycles. The second-order valence-electron chi connectivity index (χ2n) is 9.21. The van der Waals surface area contributed by atoms with Gasteiger partial charge in [-0.2, -0.15) is 0 Å². The van der Waals surface area contributed by atoms with Crippen molar-refractivity contribution in [3.63, 3.8) is 0 Å². The predicted molar refractivity (Wildman–Crippen MR) is 132 cm³/mol. The van der Waals surface area contributed by atoms with Crippen LogP contribution < -0.4 is 25.6 Å². The Balaban J connectivity index is 0.000000179. The molecule has 6 amide bonds. The highest BCUT2D eigenvalue weighted by atomic mass is 19.1. The standard InChI is InChI=1S/C15H15N5O4.C10H10FNO2/c1-15(12(21)18-13(22)19-15)10-7-8-9(24-10)3-4-11(17-8)20-6-2-5-16-14(20)23;1-12-5-6-3-4-7(14-2)9(11)8(6)10(12)13/h3-4,7H,2,5-6H2,1H3,(H,16,23)(H2,18,19,21,22);3-4H,5H2,1-2H3. The lowest BCUT2D eigenvalue weighted by molar-refractivity contribution is -0.124. The number of methoxy groups -OCH3 is 1. The molecule has 38 heavy (non-hydrogen) atoms. The first-order valence-electron chi connectivity index (χ1n) is 11.8. The number of anilines is 1. The number of imide groups is 1. The number of aromatic nitrogens is 1. The minimum atomic E-state index is -1.28. The van der Waals surface area contributed by atoms with E-state index >= 15 is 0 Å². The monoisotopic (exact) mass is 524 g/mol. The summed E-state index contributed by atoms with van der Waals surface area (Å²) < 4.78 is 24.1. The zero-order valence-corrected chi connectivity index (χ0v) is 20.9. The number of ether oxygens (including phenoxy) is 1. The first-order chi connectivity index (χ1) is 18.1. The van der Waals surface area contributed by atoms with E-state index in [1.807, 2.05) is 0 Å². The zero-order valence-electron chi connectivity index (χ0n) is 20.9. The van der Waals surface area contributed by atoms with Crippen molar-refractivity contribution >= 4 is 40.8 Å². The highest BCUT2D eigenvalue weighted by Crippen LogP contribution is 2.31. The maximum Gasteiger partial charge on any atom is 0.323 e. The number of hydrogen-bond acceptors (Lipinski definition) is 7. The van der Waals surface area contributed by atoms with E-state index in [-0.39, 0.29) is 29.0 Å². The van der Waals surface area contributed by atoms with E-state index in [0.717, 1.165) is 12.0 Å². The minimum absolute atomic E-state index is 0.118. The number of nitrogens with zero attached hydrogens (tertiary/aromatic N) is 3. The van der Waals surface area contributed by atoms with E-state index in [9.17, 15) is 23.6 Å². The molecule has 0 bridgehead atoms. The Morgan fingerprint density at radius 2 is 1.95 bits per heavy atom. The third-order valence-corrected chi connectivity index (χ3v) is 6.63. The third-order valence-electron chi connectivity index (χ3n) is 6.63. The van der Waals surface area contributed by atoms with Crippen molar-refractivity contribution in [2.45, 2.75) is 25.4 Å². The first kappa shape index (κ1) is 25.0. The van der Waals surface area contributed by atoms with Gasteiger partial charge in [-0.25, -0.2) is 19.0 Å². The quantitative estimate of drug-likeness (QED) is 0.445. The number of rotatable bonds is 3. The topological polar surface area (TPSA) is 146 Å². The molecule has 5 heterocycles. The van der Waals surface area contributed by atoms with Gasteiger partial charge in [-0.3, -0.25) is 19.8 Å². The SMILES string of the molecule is CC1(c2cc3nc(N4CCCNC4=O)ccc3o2)NC(=O)NC1=O.COc1ccc2c(c1F)C(=O)N(C)C2. The second-order valence-corrected chi connectivity index (χ2v) is 9.21. The van der Waals surface area contributed by atoms with Gasteiger partial charge in [0.15, 0.2) is 22.7 Å². The van der Waals surface area contributed by atoms with Gasteiger partial charge in [-0.15, -0.1) is 0 Å². The number of nitrogens with one attached hydrogen (secondary N) is 3. The van der Waals surface area contributed by atoms with Gasteiger partial charge in [0, 0.05) is 32.7 Å². The van der Waals surface area contributed by atoms with Crippen molar-refractivity contribution in [3.8, 4) is 5.75 Å². The maximum absolute atomic E-state index is 13.6. The highest BCUT2D eigenvalue weighted by Gasteiger charge is 2.46. The van der Waals surface area contributed by atoms with Crippen LogP contribution in [0.15, 0.2) is 34.7 Å². The number of carbonyl (C=O) groups is 4. The molecule has 1 atom stereocenters. The summed E-state index contributed by atoms with van der Waals surface area (Å²) in [6, 6.07) is 7.50. The van der Waals surface area contributed by atoms with Crippen LogP contribution in [0.4, 0.5) is 19.8 Å². The first-order valence-corrected chi connectivity index (χ1v) is 11.8. The summed E-state index contributed by atoms with van der Waals surface area (Å²) in [4.78, 5) is 54.3. The summed E-state index contributed by atoms with van der Waals surface area (Å²) in [6.45, 7) is 3.27. The number of halogens is 1. The molecule has 0 spiro atoms. The van der Waals surface area contributed by atoms with E-state index in [1.165, 1.54) is 12.0 Å². The van der Waals surface area contributed by atoms with Gasteiger partial charge >= 0.3 is 12.1 Å². The molecule has 3 aliphatic rings. The molecule has 3 N–H and O–H groups in total. The Kier molecular flexibility index (Phi) is 6.13. The molecular formula is C25H25FN6O6. The average molecular weight is 525 g/mol. The molecule has 2 saturated heterocycles. The van der Waals surface area contributed by atoms with Crippen molar-refractivity contribution < 1.29 is 32.7 Å². The number of pyridine rings is 1. The molecule has 0 saturated carbocycles. The Bertz CT molecular complexity index is 1490. The molecule has 1 aromatic carbocycles. The lowest BCUT2D eigenvalue weighted by Gasteiger charge is -2.26. The smallest absolute Gasteiger partial charge is 0.323 e. The number of urea groups is 2. The summed E-state index contributed by atoms with van der Waals surface area (Å²) in [7, 11) is 3.03. The number of hydrogen-bond donors (Lipinski definition) is 3. The number of furan rings is 1. The van der Waals surface area contributed by atoms with Gasteiger partial charge < -0.3 is 24.7 Å². The van der Waals surface area contributed by atoms with Crippen LogP contribution in [0, 0.1) is 5.82 Å². The lowest BCUT2D eigenvalue weighted by Crippen LogP contribution is -2.46. The molecule has 1 unspecified atom stereocenters. The van der Waals surface area contributed by atoms with E-state index in [2.05, 4.69) is 20.9 Å². The Morgan fingerprint density at radius 3 is 2.63 bits per heavy atom. The largest absolute Gasteiger partial charge is 0.494 e. The van der Waals surface area contributed by atoms with Crippen LogP contribution in [0.25, 0.3) is 11.1 Å². The number of amides is 6. The zero-order chi connectivity index (χ0) is 27.2. The van der Waals surface area contributed by atoms with Crippen LogP contribution in [0.1, 0.15) is 35.0 Å². The molecule has 6 rings (SSSR count). The molecular weight excluding hydrogens is 499 g/mol. The molecule has 198 valence electrons. The van der Waals surface area contributed by atoms with Gasteiger partial charge in [0.05, 0.1) is 12.7 Å². The second kappa shape index (κ2) is 9.32. The van der Waals surface area contributed by atoms with Gasteiger partial charge in [-0.1, -0.05) is 6.07 Å². The molecule has 12 nitrogen and oxygen atoms in total. The van der Waals surface area contributed by atoms with Crippen molar-refractivity contribution in [1.29, 1.82) is 0 Å². The van der Waals surface area contributed by atoms with E-state index in [1.54, 1.807) is 49.2 Å². The van der Waals surface area contributed by atoms with E-state index in [0.29, 0.717) is 36.6 Å². The Morgan fingerprint density at radius 1 is 1.16 bits per heavy atom. The fraction of sp³-hybridized carbons (Fsp3) is 0.320. The Hall–Kier alpha value is -4.68. The molecule has 2 aromatic heterocycles. The normalized spacial score (nSPS) is 20.5. The summed E-state index contributed by atoms with van der Waals surface area (Å²) in [5, 5.41) is 7.50. The average Bonchev–Trinajstić information content (AvgIpc) is 3.53. The maximum atomic E-state index is 13.6. The van der Waals surface area contributed by atoms with Gasteiger partial charge in [-0.05, 0) is 37.1 Å². The van der Waals surface area contributed by atoms with Crippen LogP contribution in [0.2, 0.25) is 0 Å². The van der Waals surface area contributed by atoms with E-state index < -0.39 is 23.3 Å². The number of carbonyl (C=O) groups excluding carboxylic acids is 4. The van der Waals surface area contributed by atoms with Crippen LogP contribution in [0.5, 0.6) is 5.75 Å². The molecule has 3 aromatic rings. The minimum Gasteiger partial charge on any atom is -0.494 e. The highest BCUT2D eigenvalue weighted by molar-refractivity contribution is 6.07. The molecule has 2 fully saturated rings. The summed E-state index contributed by atoms with van der Waals surface area (Å²) in [5.41, 5.74) is 0.570. The summed E-state index contributed by atoms with van der Waals surface area (Å²) >= 11 is 0. The molecule has 0 radical (unpaired) electrons.